The van der Waals surface area contributed by atoms with Crippen LogP contribution in [0.5, 0.6) is 5.75 Å². The number of sulfonamides is 2. The van der Waals surface area contributed by atoms with Gasteiger partial charge in [-0.2, -0.15) is 8.61 Å². The summed E-state index contributed by atoms with van der Waals surface area (Å²) in [7, 11) is -5.99. The van der Waals surface area contributed by atoms with E-state index in [4.69, 9.17) is 4.74 Å². The number of anilines is 1. The van der Waals surface area contributed by atoms with Gasteiger partial charge >= 0.3 is 0 Å². The van der Waals surface area contributed by atoms with Crippen LogP contribution < -0.4 is 9.64 Å². The molecular weight excluding hydrogens is 466 g/mol. The van der Waals surface area contributed by atoms with Crippen molar-refractivity contribution in [2.45, 2.75) is 29.1 Å². The van der Waals surface area contributed by atoms with E-state index in [1.54, 1.807) is 29.2 Å². The number of amides is 1. The number of methoxy groups -OCH3 is 1. The van der Waals surface area contributed by atoms with E-state index >= 15 is 0 Å². The van der Waals surface area contributed by atoms with Crippen LogP contribution >= 0.6 is 0 Å². The van der Waals surface area contributed by atoms with Crippen LogP contribution in [-0.4, -0.2) is 71.2 Å². The van der Waals surface area contributed by atoms with Crippen LogP contribution in [0.2, 0.25) is 0 Å². The van der Waals surface area contributed by atoms with Gasteiger partial charge in [0.15, 0.2) is 0 Å². The second kappa shape index (κ2) is 8.08. The second-order valence-corrected chi connectivity index (χ2v) is 12.2. The van der Waals surface area contributed by atoms with Gasteiger partial charge in [-0.05, 0) is 60.4 Å². The normalized spacial score (nSPS) is 19.5. The third-order valence-corrected chi connectivity index (χ3v) is 10.3. The number of piperazine rings is 1. The standard InChI is InChI=1S/C22H25N3O6S2/c1-31-18-3-5-19(6-4-18)32(27,28)23-10-12-24(13-11-23)33(29,30)20-14-16-2-7-21(26)25-9-8-17(15-20)22(16)25/h3-6,14-15H,2,7-13H2,1H3. The van der Waals surface area contributed by atoms with E-state index in [1.807, 2.05) is 0 Å². The van der Waals surface area contributed by atoms with Crippen LogP contribution in [-0.2, 0) is 37.7 Å². The molecule has 2 aromatic carbocycles. The van der Waals surface area contributed by atoms with Gasteiger partial charge in [0.1, 0.15) is 5.75 Å². The number of rotatable bonds is 5. The molecule has 1 amide bonds. The van der Waals surface area contributed by atoms with Crippen LogP contribution in [0.4, 0.5) is 5.69 Å². The summed E-state index contributed by atoms with van der Waals surface area (Å²) in [6.07, 6.45) is 1.57. The Morgan fingerprint density at radius 2 is 1.27 bits per heavy atom. The maximum atomic E-state index is 13.4. The van der Waals surface area contributed by atoms with Crippen LogP contribution in [0.15, 0.2) is 46.2 Å². The first-order chi connectivity index (χ1) is 15.7. The number of benzene rings is 2. The van der Waals surface area contributed by atoms with E-state index in [9.17, 15) is 21.6 Å². The Hall–Kier alpha value is -2.47. The third kappa shape index (κ3) is 3.72. The van der Waals surface area contributed by atoms with Gasteiger partial charge in [0.05, 0.1) is 22.6 Å². The van der Waals surface area contributed by atoms with Crippen molar-refractivity contribution in [2.24, 2.45) is 0 Å². The molecule has 3 aliphatic heterocycles. The first-order valence-electron chi connectivity index (χ1n) is 10.8. The SMILES string of the molecule is COc1ccc(S(=O)(=O)N2CCN(S(=O)(=O)c3cc4c5c(c3)CCN5C(=O)CC4)CC2)cc1. The first-order valence-corrected chi connectivity index (χ1v) is 13.7. The Kier molecular flexibility index (Phi) is 5.47. The number of nitrogens with zero attached hydrogens (tertiary/aromatic N) is 3. The Morgan fingerprint density at radius 1 is 0.727 bits per heavy atom. The molecule has 0 aliphatic carbocycles. The highest BCUT2D eigenvalue weighted by Crippen LogP contribution is 2.39. The molecule has 2 aromatic rings. The minimum atomic E-state index is -3.77. The molecule has 0 radical (unpaired) electrons. The fourth-order valence-electron chi connectivity index (χ4n) is 4.77. The van der Waals surface area contributed by atoms with Crippen molar-refractivity contribution < 1.29 is 26.4 Å². The zero-order valence-electron chi connectivity index (χ0n) is 18.2. The maximum absolute atomic E-state index is 13.4. The molecule has 0 N–H and O–H groups in total. The van der Waals surface area contributed by atoms with E-state index in [1.165, 1.54) is 27.9 Å². The van der Waals surface area contributed by atoms with Gasteiger partial charge in [-0.1, -0.05) is 0 Å². The molecule has 1 saturated heterocycles. The Balaban J connectivity index is 1.34. The van der Waals surface area contributed by atoms with E-state index in [0.29, 0.717) is 31.6 Å². The second-order valence-electron chi connectivity index (χ2n) is 8.37. The summed E-state index contributed by atoms with van der Waals surface area (Å²) in [5, 5.41) is 0. The van der Waals surface area contributed by atoms with Gasteiger partial charge in [0, 0.05) is 39.1 Å². The highest BCUT2D eigenvalue weighted by atomic mass is 32.2. The molecule has 3 heterocycles. The van der Waals surface area contributed by atoms with Crippen molar-refractivity contribution in [3.8, 4) is 5.75 Å². The van der Waals surface area contributed by atoms with Gasteiger partial charge in [0.25, 0.3) is 0 Å². The summed E-state index contributed by atoms with van der Waals surface area (Å²) in [5.41, 5.74) is 2.66. The van der Waals surface area contributed by atoms with E-state index in [2.05, 4.69) is 0 Å². The maximum Gasteiger partial charge on any atom is 0.243 e. The fraction of sp³-hybridized carbons (Fsp3) is 0.409. The predicted molar refractivity (Wildman–Crippen MR) is 121 cm³/mol. The number of carbonyl (C=O) groups excluding carboxylic acids is 1. The molecule has 3 aliphatic rings. The Bertz CT molecular complexity index is 1310. The minimum Gasteiger partial charge on any atom is -0.497 e. The number of hydrogen-bond acceptors (Lipinski definition) is 6. The lowest BCUT2D eigenvalue weighted by Gasteiger charge is -2.33. The largest absolute Gasteiger partial charge is 0.497 e. The Labute approximate surface area is 193 Å². The van der Waals surface area contributed by atoms with E-state index in [0.717, 1.165) is 16.8 Å². The van der Waals surface area contributed by atoms with Gasteiger partial charge in [-0.3, -0.25) is 4.79 Å². The zero-order valence-corrected chi connectivity index (χ0v) is 19.9. The molecule has 5 rings (SSSR count). The van der Waals surface area contributed by atoms with Crippen molar-refractivity contribution in [3.05, 3.63) is 47.5 Å². The van der Waals surface area contributed by atoms with Crippen LogP contribution in [0.3, 0.4) is 0 Å². The van der Waals surface area contributed by atoms with Gasteiger partial charge < -0.3 is 9.64 Å². The molecule has 11 heteroatoms. The number of ether oxygens (including phenoxy) is 1. The smallest absolute Gasteiger partial charge is 0.243 e. The average Bonchev–Trinajstić information content (AvgIpc) is 3.27. The molecular formula is C22H25N3O6S2. The minimum absolute atomic E-state index is 0.0771. The quantitative estimate of drug-likeness (QED) is 0.623. The lowest BCUT2D eigenvalue weighted by molar-refractivity contribution is -0.118. The lowest BCUT2D eigenvalue weighted by atomic mass is 10.00. The summed E-state index contributed by atoms with van der Waals surface area (Å²) >= 11 is 0. The molecule has 0 spiro atoms. The lowest BCUT2D eigenvalue weighted by Crippen LogP contribution is -2.50. The summed E-state index contributed by atoms with van der Waals surface area (Å²) in [5.74, 6) is 0.650. The van der Waals surface area contributed by atoms with Crippen molar-refractivity contribution in [2.75, 3.05) is 44.7 Å². The highest BCUT2D eigenvalue weighted by Gasteiger charge is 2.37. The summed E-state index contributed by atoms with van der Waals surface area (Å²) in [4.78, 5) is 14.3. The third-order valence-electron chi connectivity index (χ3n) is 6.56. The monoisotopic (exact) mass is 491 g/mol. The van der Waals surface area contributed by atoms with Crippen LogP contribution in [0.1, 0.15) is 17.5 Å². The van der Waals surface area contributed by atoms with E-state index < -0.39 is 20.0 Å². The Morgan fingerprint density at radius 3 is 1.85 bits per heavy atom. The summed E-state index contributed by atoms with van der Waals surface area (Å²) in [6.45, 7) is 0.900. The first kappa shape index (κ1) is 22.3. The van der Waals surface area contributed by atoms with Crippen LogP contribution in [0, 0.1) is 0 Å². The van der Waals surface area contributed by atoms with Gasteiger partial charge in [0.2, 0.25) is 26.0 Å². The molecule has 0 bridgehead atoms. The molecule has 0 unspecified atom stereocenters. The summed E-state index contributed by atoms with van der Waals surface area (Å²) in [6, 6.07) is 9.50. The van der Waals surface area contributed by atoms with Crippen molar-refractivity contribution in [1.29, 1.82) is 0 Å². The van der Waals surface area contributed by atoms with Crippen molar-refractivity contribution in [3.63, 3.8) is 0 Å². The predicted octanol–water partition coefficient (Wildman–Crippen LogP) is 1.23. The number of carbonyl (C=O) groups is 1. The number of hydrogen-bond donors (Lipinski definition) is 0. The summed E-state index contributed by atoms with van der Waals surface area (Å²) < 4.78 is 60.5. The molecule has 0 atom stereocenters. The molecule has 33 heavy (non-hydrogen) atoms. The molecule has 1 fully saturated rings. The highest BCUT2D eigenvalue weighted by molar-refractivity contribution is 7.89. The van der Waals surface area contributed by atoms with Gasteiger partial charge in [-0.25, -0.2) is 16.8 Å². The van der Waals surface area contributed by atoms with Crippen LogP contribution in [0.25, 0.3) is 0 Å². The fourth-order valence-corrected chi connectivity index (χ4v) is 7.72. The number of aryl methyl sites for hydroxylation is 1. The zero-order chi connectivity index (χ0) is 23.4. The molecule has 9 nitrogen and oxygen atoms in total. The topological polar surface area (TPSA) is 104 Å². The van der Waals surface area contributed by atoms with Gasteiger partial charge in [-0.15, -0.1) is 0 Å². The van der Waals surface area contributed by atoms with Crippen molar-refractivity contribution in [1.82, 2.24) is 8.61 Å². The molecule has 0 aromatic heterocycles. The van der Waals surface area contributed by atoms with Crippen molar-refractivity contribution >= 4 is 31.6 Å². The average molecular weight is 492 g/mol. The molecule has 176 valence electrons. The van der Waals surface area contributed by atoms with E-state index in [-0.39, 0.29) is 41.9 Å². The molecule has 0 saturated carbocycles.